The van der Waals surface area contributed by atoms with Gasteiger partial charge in [-0.1, -0.05) is 12.1 Å². The lowest BCUT2D eigenvalue weighted by Crippen LogP contribution is -2.24. The maximum Gasteiger partial charge on any atom is 0.280 e. The summed E-state index contributed by atoms with van der Waals surface area (Å²) in [5.41, 5.74) is 3.62. The van der Waals surface area contributed by atoms with E-state index in [-0.39, 0.29) is 5.91 Å². The topological polar surface area (TPSA) is 68.5 Å². The quantitative estimate of drug-likeness (QED) is 0.773. The van der Waals surface area contributed by atoms with Crippen molar-refractivity contribution in [1.82, 2.24) is 9.55 Å². The highest BCUT2D eigenvalue weighted by Gasteiger charge is 2.16. The van der Waals surface area contributed by atoms with Gasteiger partial charge in [-0.3, -0.25) is 9.36 Å². The van der Waals surface area contributed by atoms with Gasteiger partial charge >= 0.3 is 0 Å². The molecule has 0 atom stereocenters. The Morgan fingerprint density at radius 3 is 2.69 bits per heavy atom. The highest BCUT2D eigenvalue weighted by atomic mass is 16.5. The molecular weight excluding hydrogens is 328 g/mol. The van der Waals surface area contributed by atoms with Crippen LogP contribution in [0.5, 0.6) is 5.75 Å². The molecule has 0 unspecified atom stereocenters. The molecule has 6 nitrogen and oxygen atoms in total. The van der Waals surface area contributed by atoms with Crippen LogP contribution in [0.4, 0.5) is 5.82 Å². The van der Waals surface area contributed by atoms with Crippen molar-refractivity contribution in [2.45, 2.75) is 20.4 Å². The Morgan fingerprint density at radius 2 is 1.96 bits per heavy atom. The maximum absolute atomic E-state index is 12.8. The van der Waals surface area contributed by atoms with Crippen molar-refractivity contribution >= 4 is 22.6 Å². The molecule has 0 fully saturated rings. The molecule has 0 bridgehead atoms. The van der Waals surface area contributed by atoms with E-state index in [1.54, 1.807) is 7.11 Å². The number of ether oxygens (including phenoxy) is 1. The zero-order valence-corrected chi connectivity index (χ0v) is 15.0. The highest BCUT2D eigenvalue weighted by Crippen LogP contribution is 2.25. The first kappa shape index (κ1) is 16.3. The molecule has 0 saturated heterocycles. The van der Waals surface area contributed by atoms with E-state index in [1.165, 1.54) is 0 Å². The minimum Gasteiger partial charge on any atom is -0.496 e. The molecular formula is C20H20N4O2. The number of aryl methyl sites for hydroxylation is 2. The first-order valence-corrected chi connectivity index (χ1v) is 8.56. The van der Waals surface area contributed by atoms with Crippen molar-refractivity contribution in [1.29, 1.82) is 0 Å². The first-order chi connectivity index (χ1) is 12.6. The van der Waals surface area contributed by atoms with Crippen molar-refractivity contribution in [3.63, 3.8) is 0 Å². The van der Waals surface area contributed by atoms with Crippen LogP contribution in [0.15, 0.2) is 41.4 Å². The number of nitrogens with one attached hydrogen (secondary N) is 1. The summed E-state index contributed by atoms with van der Waals surface area (Å²) in [6.07, 6.45) is 0. The van der Waals surface area contributed by atoms with Gasteiger partial charge in [0.15, 0.2) is 0 Å². The van der Waals surface area contributed by atoms with Gasteiger partial charge in [-0.25, -0.2) is 4.98 Å². The lowest BCUT2D eigenvalue weighted by molar-refractivity contribution is 0.0996. The van der Waals surface area contributed by atoms with E-state index in [0.717, 1.165) is 46.7 Å². The predicted octanol–water partition coefficient (Wildman–Crippen LogP) is 2.83. The zero-order chi connectivity index (χ0) is 18.3. The summed E-state index contributed by atoms with van der Waals surface area (Å²) < 4.78 is 7.33. The van der Waals surface area contributed by atoms with Crippen molar-refractivity contribution in [2.75, 3.05) is 19.0 Å². The number of amides is 1. The van der Waals surface area contributed by atoms with Gasteiger partial charge in [-0.05, 0) is 49.2 Å². The molecule has 26 heavy (non-hydrogen) atoms. The Morgan fingerprint density at radius 1 is 1.23 bits per heavy atom. The molecule has 3 aromatic rings. The monoisotopic (exact) mass is 348 g/mol. The van der Waals surface area contributed by atoms with E-state index in [9.17, 15) is 4.79 Å². The molecule has 132 valence electrons. The molecule has 0 radical (unpaired) electrons. The summed E-state index contributed by atoms with van der Waals surface area (Å²) in [6, 6.07) is 11.5. The van der Waals surface area contributed by atoms with Crippen molar-refractivity contribution in [3.05, 3.63) is 58.7 Å². The number of hydrogen-bond acceptors (Lipinski definition) is 4. The predicted molar refractivity (Wildman–Crippen MR) is 101 cm³/mol. The number of aromatic nitrogens is 2. The van der Waals surface area contributed by atoms with Gasteiger partial charge in [0.1, 0.15) is 11.6 Å². The van der Waals surface area contributed by atoms with E-state index in [4.69, 9.17) is 4.74 Å². The third kappa shape index (κ3) is 2.63. The van der Waals surface area contributed by atoms with Crippen LogP contribution in [0, 0.1) is 13.8 Å². The van der Waals surface area contributed by atoms with Crippen LogP contribution in [0.25, 0.3) is 10.9 Å². The van der Waals surface area contributed by atoms with E-state index in [0.29, 0.717) is 11.2 Å². The second-order valence-corrected chi connectivity index (χ2v) is 6.42. The van der Waals surface area contributed by atoms with Crippen LogP contribution >= 0.6 is 0 Å². The minimum atomic E-state index is -0.303. The fraction of sp³-hybridized carbons (Fsp3) is 0.250. The second kappa shape index (κ2) is 6.29. The average Bonchev–Trinajstić information content (AvgIpc) is 3.12. The summed E-state index contributed by atoms with van der Waals surface area (Å²) in [7, 11) is 1.63. The standard InChI is InChI=1S/C20H20N4O2/c1-12-10-14(11-13(2)17(12)26-3)19(25)23-20-22-16-7-5-4-6-15(16)18-21-8-9-24(18)20/h4-7,10-11,21H,8-9H2,1-3H3. The lowest BCUT2D eigenvalue weighted by atomic mass is 10.1. The molecule has 1 N–H and O–H groups in total. The van der Waals surface area contributed by atoms with Gasteiger partial charge in [0, 0.05) is 24.0 Å². The summed E-state index contributed by atoms with van der Waals surface area (Å²) in [4.78, 5) is 21.7. The van der Waals surface area contributed by atoms with Gasteiger partial charge in [0.2, 0.25) is 5.62 Å². The third-order valence-electron chi connectivity index (χ3n) is 4.63. The Balaban J connectivity index is 1.86. The average molecular weight is 348 g/mol. The normalized spacial score (nSPS) is 13.6. The SMILES string of the molecule is COc1c(C)cc(C(=O)N=c2nc3ccccc3c3n2CCN3)cc1C. The Kier molecular flexibility index (Phi) is 3.95. The second-order valence-electron chi connectivity index (χ2n) is 6.42. The van der Waals surface area contributed by atoms with Crippen molar-refractivity contribution < 1.29 is 9.53 Å². The summed E-state index contributed by atoms with van der Waals surface area (Å²) in [5, 5.41) is 4.40. The molecule has 0 aliphatic carbocycles. The molecule has 1 aliphatic rings. The molecule has 1 amide bonds. The summed E-state index contributed by atoms with van der Waals surface area (Å²) in [5.74, 6) is 1.46. The van der Waals surface area contributed by atoms with Crippen LogP contribution in [0.1, 0.15) is 21.5 Å². The van der Waals surface area contributed by atoms with Gasteiger partial charge in [-0.15, -0.1) is 0 Å². The van der Waals surface area contributed by atoms with Gasteiger partial charge in [0.05, 0.1) is 12.6 Å². The van der Waals surface area contributed by atoms with Crippen LogP contribution in [0.2, 0.25) is 0 Å². The number of rotatable bonds is 2. The Labute approximate surface area is 151 Å². The number of fused-ring (bicyclic) bond motifs is 3. The van der Waals surface area contributed by atoms with E-state index < -0.39 is 0 Å². The lowest BCUT2D eigenvalue weighted by Gasteiger charge is -2.10. The highest BCUT2D eigenvalue weighted by molar-refractivity contribution is 5.96. The molecule has 2 aromatic carbocycles. The largest absolute Gasteiger partial charge is 0.496 e. The molecule has 1 aromatic heterocycles. The van der Waals surface area contributed by atoms with Gasteiger partial charge in [0.25, 0.3) is 5.91 Å². The van der Waals surface area contributed by atoms with Crippen LogP contribution in [-0.4, -0.2) is 29.1 Å². The number of methoxy groups -OCH3 is 1. The number of para-hydroxylation sites is 1. The smallest absolute Gasteiger partial charge is 0.280 e. The Hall–Kier alpha value is -3.15. The number of carbonyl (C=O) groups is 1. The van der Waals surface area contributed by atoms with Crippen molar-refractivity contribution in [2.24, 2.45) is 4.99 Å². The van der Waals surface area contributed by atoms with Crippen molar-refractivity contribution in [3.8, 4) is 5.75 Å². The molecule has 2 heterocycles. The van der Waals surface area contributed by atoms with Crippen LogP contribution in [0.3, 0.4) is 0 Å². The molecule has 1 aliphatic heterocycles. The number of carbonyl (C=O) groups excluding carboxylic acids is 1. The number of benzene rings is 2. The number of nitrogens with zero attached hydrogens (tertiary/aromatic N) is 3. The molecule has 4 rings (SSSR count). The minimum absolute atomic E-state index is 0.303. The summed E-state index contributed by atoms with van der Waals surface area (Å²) in [6.45, 7) is 5.38. The number of hydrogen-bond donors (Lipinski definition) is 1. The molecule has 0 spiro atoms. The number of anilines is 1. The first-order valence-electron chi connectivity index (χ1n) is 8.56. The Bertz CT molecular complexity index is 1080. The summed E-state index contributed by atoms with van der Waals surface area (Å²) >= 11 is 0. The van der Waals surface area contributed by atoms with Crippen LogP contribution < -0.4 is 15.7 Å². The molecule has 0 saturated carbocycles. The molecule has 6 heteroatoms. The fourth-order valence-corrected chi connectivity index (χ4v) is 3.51. The fourth-order valence-electron chi connectivity index (χ4n) is 3.51. The van der Waals surface area contributed by atoms with Crippen LogP contribution in [-0.2, 0) is 6.54 Å². The van der Waals surface area contributed by atoms with Gasteiger partial charge in [-0.2, -0.15) is 4.99 Å². The van der Waals surface area contributed by atoms with E-state index >= 15 is 0 Å². The maximum atomic E-state index is 12.8. The zero-order valence-electron chi connectivity index (χ0n) is 15.0. The van der Waals surface area contributed by atoms with E-state index in [2.05, 4.69) is 15.3 Å². The van der Waals surface area contributed by atoms with E-state index in [1.807, 2.05) is 54.8 Å². The van der Waals surface area contributed by atoms with Gasteiger partial charge < -0.3 is 10.1 Å². The third-order valence-corrected chi connectivity index (χ3v) is 4.63.